The zero-order valence-corrected chi connectivity index (χ0v) is 19.2. The maximum absolute atomic E-state index is 13.4. The Bertz CT molecular complexity index is 1450. The van der Waals surface area contributed by atoms with Gasteiger partial charge in [-0.1, -0.05) is 30.3 Å². The van der Waals surface area contributed by atoms with Gasteiger partial charge in [0.05, 0.1) is 22.8 Å². The summed E-state index contributed by atoms with van der Waals surface area (Å²) in [6, 6.07) is 14.7. The largest absolute Gasteiger partial charge is 0.489 e. The molecule has 7 nitrogen and oxygen atoms in total. The van der Waals surface area contributed by atoms with E-state index in [1.54, 1.807) is 47.4 Å². The Kier molecular flexibility index (Phi) is 6.20. The van der Waals surface area contributed by atoms with Crippen LogP contribution in [0.3, 0.4) is 0 Å². The standard InChI is InChI=1S/C26H19ClFN3O4/c1-2-23(32)31-10-11-33-25-21(31)8-7-20-24(25)26(30-15-29-20)35-18-6-9-22(19(27)13-18)34-14-16-4-3-5-17(28)12-16/h2-9,12-13,15H,1,10-11,14H2. The molecule has 1 amide bonds. The Balaban J connectivity index is 1.43. The van der Waals surface area contributed by atoms with Crippen LogP contribution in [0.2, 0.25) is 5.02 Å². The summed E-state index contributed by atoms with van der Waals surface area (Å²) in [7, 11) is 0. The highest BCUT2D eigenvalue weighted by Crippen LogP contribution is 2.43. The van der Waals surface area contributed by atoms with Crippen molar-refractivity contribution in [2.45, 2.75) is 6.61 Å². The summed E-state index contributed by atoms with van der Waals surface area (Å²) in [5, 5.41) is 0.854. The molecule has 176 valence electrons. The number of carbonyl (C=O) groups excluding carboxylic acids is 1. The van der Waals surface area contributed by atoms with E-state index in [9.17, 15) is 9.18 Å². The van der Waals surface area contributed by atoms with E-state index in [1.807, 2.05) is 0 Å². The van der Waals surface area contributed by atoms with Gasteiger partial charge in [0.25, 0.3) is 5.91 Å². The second kappa shape index (κ2) is 9.60. The average Bonchev–Trinajstić information content (AvgIpc) is 2.87. The highest BCUT2D eigenvalue weighted by Gasteiger charge is 2.26. The van der Waals surface area contributed by atoms with Crippen LogP contribution in [0.15, 0.2) is 73.6 Å². The molecule has 5 rings (SSSR count). The number of ether oxygens (including phenoxy) is 3. The molecule has 0 N–H and O–H groups in total. The van der Waals surface area contributed by atoms with Crippen LogP contribution in [0.4, 0.5) is 10.1 Å². The van der Waals surface area contributed by atoms with Gasteiger partial charge in [0.1, 0.15) is 42.2 Å². The summed E-state index contributed by atoms with van der Waals surface area (Å²) in [4.78, 5) is 22.5. The van der Waals surface area contributed by atoms with Crippen molar-refractivity contribution in [2.75, 3.05) is 18.1 Å². The van der Waals surface area contributed by atoms with Gasteiger partial charge >= 0.3 is 0 Å². The van der Waals surface area contributed by atoms with Crippen molar-refractivity contribution in [1.82, 2.24) is 9.97 Å². The predicted octanol–water partition coefficient (Wildman–Crippen LogP) is 5.71. The van der Waals surface area contributed by atoms with Gasteiger partial charge in [-0.15, -0.1) is 0 Å². The summed E-state index contributed by atoms with van der Waals surface area (Å²) in [5.74, 6) is 0.996. The van der Waals surface area contributed by atoms with E-state index in [-0.39, 0.29) is 24.2 Å². The Hall–Kier alpha value is -4.17. The van der Waals surface area contributed by atoms with E-state index in [2.05, 4.69) is 16.5 Å². The van der Waals surface area contributed by atoms with Crippen molar-refractivity contribution in [3.63, 3.8) is 0 Å². The molecule has 0 saturated carbocycles. The lowest BCUT2D eigenvalue weighted by Crippen LogP contribution is -2.36. The van der Waals surface area contributed by atoms with Crippen LogP contribution in [0, 0.1) is 5.82 Å². The number of nitrogens with zero attached hydrogens (tertiary/aromatic N) is 3. The summed E-state index contributed by atoms with van der Waals surface area (Å²) in [5.41, 5.74) is 1.87. The first-order chi connectivity index (χ1) is 17.0. The molecule has 9 heteroatoms. The Morgan fingerprint density at radius 1 is 1.20 bits per heavy atom. The van der Waals surface area contributed by atoms with E-state index >= 15 is 0 Å². The minimum Gasteiger partial charge on any atom is -0.489 e. The number of fused-ring (bicyclic) bond motifs is 3. The van der Waals surface area contributed by atoms with Crippen molar-refractivity contribution < 1.29 is 23.4 Å². The maximum Gasteiger partial charge on any atom is 0.250 e. The van der Waals surface area contributed by atoms with Crippen LogP contribution in [-0.2, 0) is 11.4 Å². The third-order valence-electron chi connectivity index (χ3n) is 5.39. The van der Waals surface area contributed by atoms with Crippen LogP contribution in [-0.4, -0.2) is 29.0 Å². The van der Waals surface area contributed by atoms with E-state index in [0.29, 0.717) is 57.6 Å². The van der Waals surface area contributed by atoms with E-state index < -0.39 is 0 Å². The zero-order valence-electron chi connectivity index (χ0n) is 18.4. The lowest BCUT2D eigenvalue weighted by atomic mass is 10.1. The molecule has 1 aliphatic heterocycles. The molecule has 0 aliphatic carbocycles. The summed E-state index contributed by atoms with van der Waals surface area (Å²) < 4.78 is 31.1. The van der Waals surface area contributed by atoms with Gasteiger partial charge in [-0.05, 0) is 48.0 Å². The Labute approximate surface area is 205 Å². The SMILES string of the molecule is C=CC(=O)N1CCOc2c1ccc1ncnc(Oc3ccc(OCc4cccc(F)c4)c(Cl)c3)c21. The van der Waals surface area contributed by atoms with Gasteiger partial charge in [0, 0.05) is 6.07 Å². The second-order valence-electron chi connectivity index (χ2n) is 7.64. The minimum atomic E-state index is -0.332. The molecule has 0 spiro atoms. The molecule has 0 saturated heterocycles. The molecule has 4 aromatic rings. The van der Waals surface area contributed by atoms with Crippen LogP contribution >= 0.6 is 11.6 Å². The monoisotopic (exact) mass is 491 g/mol. The quantitative estimate of drug-likeness (QED) is 0.322. The molecule has 0 unspecified atom stereocenters. The average molecular weight is 492 g/mol. The second-order valence-corrected chi connectivity index (χ2v) is 8.05. The maximum atomic E-state index is 13.4. The lowest BCUT2D eigenvalue weighted by molar-refractivity contribution is -0.114. The first-order valence-corrected chi connectivity index (χ1v) is 11.1. The smallest absolute Gasteiger partial charge is 0.250 e. The van der Waals surface area contributed by atoms with Gasteiger partial charge < -0.3 is 19.1 Å². The summed E-state index contributed by atoms with van der Waals surface area (Å²) in [6.45, 7) is 4.45. The van der Waals surface area contributed by atoms with Crippen LogP contribution < -0.4 is 19.1 Å². The zero-order chi connectivity index (χ0) is 24.4. The van der Waals surface area contributed by atoms with Crippen molar-refractivity contribution in [3.8, 4) is 23.1 Å². The number of anilines is 1. The molecule has 2 heterocycles. The lowest BCUT2D eigenvalue weighted by Gasteiger charge is -2.29. The summed E-state index contributed by atoms with van der Waals surface area (Å²) in [6.07, 6.45) is 2.65. The fourth-order valence-electron chi connectivity index (χ4n) is 3.78. The van der Waals surface area contributed by atoms with Crippen molar-refractivity contribution in [1.29, 1.82) is 0 Å². The Morgan fingerprint density at radius 2 is 2.09 bits per heavy atom. The molecule has 0 bridgehead atoms. The molecular formula is C26H19ClFN3O4. The third kappa shape index (κ3) is 4.61. The molecule has 1 aliphatic rings. The third-order valence-corrected chi connectivity index (χ3v) is 5.69. The molecule has 0 radical (unpaired) electrons. The Morgan fingerprint density at radius 3 is 2.89 bits per heavy atom. The fraction of sp³-hybridized carbons (Fsp3) is 0.115. The van der Waals surface area contributed by atoms with Crippen LogP contribution in [0.5, 0.6) is 23.1 Å². The predicted molar refractivity (Wildman–Crippen MR) is 130 cm³/mol. The first kappa shape index (κ1) is 22.6. The number of halogens is 2. The highest BCUT2D eigenvalue weighted by atomic mass is 35.5. The number of aromatic nitrogens is 2. The van der Waals surface area contributed by atoms with E-state index in [0.717, 1.165) is 0 Å². The number of rotatable bonds is 6. The minimum absolute atomic E-state index is 0.164. The molecule has 35 heavy (non-hydrogen) atoms. The van der Waals surface area contributed by atoms with Crippen LogP contribution in [0.25, 0.3) is 10.9 Å². The first-order valence-electron chi connectivity index (χ1n) is 10.7. The van der Waals surface area contributed by atoms with Crippen LogP contribution in [0.1, 0.15) is 5.56 Å². The molecular weight excluding hydrogens is 473 g/mol. The van der Waals surface area contributed by atoms with Gasteiger partial charge in [0.15, 0.2) is 5.75 Å². The molecule has 0 atom stereocenters. The number of hydrogen-bond donors (Lipinski definition) is 0. The number of hydrogen-bond acceptors (Lipinski definition) is 6. The van der Waals surface area contributed by atoms with Crippen molar-refractivity contribution in [3.05, 3.63) is 90.0 Å². The number of benzene rings is 3. The normalized spacial score (nSPS) is 12.6. The number of amides is 1. The van der Waals surface area contributed by atoms with Crippen molar-refractivity contribution >= 4 is 34.1 Å². The van der Waals surface area contributed by atoms with Crippen molar-refractivity contribution in [2.24, 2.45) is 0 Å². The molecule has 3 aromatic carbocycles. The van der Waals surface area contributed by atoms with Gasteiger partial charge in [0.2, 0.25) is 5.88 Å². The number of carbonyl (C=O) groups is 1. The van der Waals surface area contributed by atoms with Gasteiger partial charge in [-0.2, -0.15) is 0 Å². The fourth-order valence-corrected chi connectivity index (χ4v) is 4.00. The topological polar surface area (TPSA) is 73.8 Å². The van der Waals surface area contributed by atoms with E-state index in [4.69, 9.17) is 25.8 Å². The summed E-state index contributed by atoms with van der Waals surface area (Å²) >= 11 is 6.41. The highest BCUT2D eigenvalue weighted by molar-refractivity contribution is 6.32. The molecule has 0 fully saturated rings. The van der Waals surface area contributed by atoms with Gasteiger partial charge in [-0.25, -0.2) is 14.4 Å². The van der Waals surface area contributed by atoms with E-state index in [1.165, 1.54) is 24.5 Å². The van der Waals surface area contributed by atoms with Gasteiger partial charge in [-0.3, -0.25) is 4.79 Å². The molecule has 1 aromatic heterocycles.